The molecule has 1 unspecified atom stereocenters. The number of thioether (sulfide) groups is 1. The molecule has 1 aliphatic rings. The molecule has 1 atom stereocenters. The molecule has 1 fully saturated rings. The van der Waals surface area contributed by atoms with Crippen LogP contribution in [0.15, 0.2) is 82.7 Å². The summed E-state index contributed by atoms with van der Waals surface area (Å²) in [7, 11) is 0. The number of aromatic nitrogens is 2. The van der Waals surface area contributed by atoms with Crippen molar-refractivity contribution in [3.63, 3.8) is 0 Å². The lowest BCUT2D eigenvalue weighted by Crippen LogP contribution is -2.29. The maximum atomic E-state index is 13.6. The van der Waals surface area contributed by atoms with Crippen LogP contribution in [-0.4, -0.2) is 33.6 Å². The number of anilines is 1. The smallest absolute Gasteiger partial charge is 0.301 e. The Bertz CT molecular complexity index is 1680. The van der Waals surface area contributed by atoms with Crippen LogP contribution in [0.4, 0.5) is 5.13 Å². The Morgan fingerprint density at radius 2 is 1.73 bits per heavy atom. The van der Waals surface area contributed by atoms with E-state index in [2.05, 4.69) is 37.9 Å². The number of rotatable bonds is 10. The van der Waals surface area contributed by atoms with Crippen LogP contribution in [-0.2, 0) is 20.8 Å². The Hall–Kier alpha value is -3.66. The number of nitrogens with zero attached hydrogens (tertiary/aromatic N) is 3. The SMILES string of the molecule is CCCCOc1ccc(C(O)=C2C(=O)C(=O)N(c3nnc(SCc4ccccc4Cl)s3)C2c2ccc(C(C)(C)C)cc2)cc1. The monoisotopic (exact) mass is 647 g/mol. The van der Waals surface area contributed by atoms with Crippen molar-refractivity contribution < 1.29 is 19.4 Å². The molecule has 5 rings (SSSR count). The minimum absolute atomic E-state index is 0.00127. The molecule has 1 amide bonds. The fraction of sp³-hybridized carbons (Fsp3) is 0.294. The van der Waals surface area contributed by atoms with Gasteiger partial charge in [-0.3, -0.25) is 14.5 Å². The number of hydrogen-bond acceptors (Lipinski definition) is 8. The number of carbonyl (C=O) groups excluding carboxylic acids is 2. The first-order valence-electron chi connectivity index (χ1n) is 14.4. The number of benzene rings is 3. The van der Waals surface area contributed by atoms with Crippen molar-refractivity contribution in [1.29, 1.82) is 0 Å². The van der Waals surface area contributed by atoms with E-state index in [1.807, 2.05) is 48.5 Å². The minimum atomic E-state index is -0.890. The van der Waals surface area contributed by atoms with Gasteiger partial charge in [-0.2, -0.15) is 0 Å². The van der Waals surface area contributed by atoms with Crippen LogP contribution in [0.1, 0.15) is 68.8 Å². The third-order valence-electron chi connectivity index (χ3n) is 7.34. The van der Waals surface area contributed by atoms with Gasteiger partial charge in [-0.05, 0) is 58.9 Å². The van der Waals surface area contributed by atoms with Crippen LogP contribution in [0.2, 0.25) is 5.02 Å². The lowest BCUT2D eigenvalue weighted by molar-refractivity contribution is -0.132. The second kappa shape index (κ2) is 13.5. The number of Topliss-reactive ketones (excluding diaryl/α,β-unsaturated/α-hetero) is 1. The van der Waals surface area contributed by atoms with E-state index >= 15 is 0 Å². The maximum absolute atomic E-state index is 13.6. The zero-order valence-electron chi connectivity index (χ0n) is 25.0. The summed E-state index contributed by atoms with van der Waals surface area (Å²) in [6, 6.07) is 21.3. The topological polar surface area (TPSA) is 92.6 Å². The van der Waals surface area contributed by atoms with Gasteiger partial charge in [0, 0.05) is 16.3 Å². The number of ketones is 1. The van der Waals surface area contributed by atoms with E-state index in [-0.39, 0.29) is 21.9 Å². The van der Waals surface area contributed by atoms with Crippen LogP contribution in [0.25, 0.3) is 5.76 Å². The van der Waals surface area contributed by atoms with Gasteiger partial charge < -0.3 is 9.84 Å². The lowest BCUT2D eigenvalue weighted by atomic mass is 9.85. The molecule has 4 aromatic rings. The van der Waals surface area contributed by atoms with Gasteiger partial charge in [0.15, 0.2) is 4.34 Å². The molecule has 0 saturated carbocycles. The summed E-state index contributed by atoms with van der Waals surface area (Å²) in [4.78, 5) is 28.6. The Morgan fingerprint density at radius 1 is 1.02 bits per heavy atom. The first kappa shape index (κ1) is 31.8. The van der Waals surface area contributed by atoms with Crippen LogP contribution < -0.4 is 9.64 Å². The molecule has 0 bridgehead atoms. The highest BCUT2D eigenvalue weighted by Gasteiger charge is 2.48. The number of amides is 1. The van der Waals surface area contributed by atoms with Crippen molar-refractivity contribution in [3.8, 4) is 5.75 Å². The normalized spacial score (nSPS) is 16.5. The van der Waals surface area contributed by atoms with Crippen LogP contribution in [0, 0.1) is 0 Å². The molecule has 0 aliphatic carbocycles. The lowest BCUT2D eigenvalue weighted by Gasteiger charge is -2.24. The van der Waals surface area contributed by atoms with Gasteiger partial charge in [-0.15, -0.1) is 10.2 Å². The Balaban J connectivity index is 1.52. The fourth-order valence-electron chi connectivity index (χ4n) is 4.82. The highest BCUT2D eigenvalue weighted by molar-refractivity contribution is 8.00. The second-order valence-corrected chi connectivity index (χ2v) is 14.1. The van der Waals surface area contributed by atoms with Gasteiger partial charge in [0.05, 0.1) is 18.2 Å². The molecule has 1 saturated heterocycles. The molecule has 228 valence electrons. The van der Waals surface area contributed by atoms with Gasteiger partial charge in [-0.25, -0.2) is 0 Å². The van der Waals surface area contributed by atoms with E-state index in [0.717, 1.165) is 24.0 Å². The molecule has 1 N–H and O–H groups in total. The summed E-state index contributed by atoms with van der Waals surface area (Å²) in [6.45, 7) is 9.04. The highest BCUT2D eigenvalue weighted by Crippen LogP contribution is 2.44. The van der Waals surface area contributed by atoms with E-state index in [1.165, 1.54) is 28.0 Å². The summed E-state index contributed by atoms with van der Waals surface area (Å²) in [6.07, 6.45) is 1.96. The third kappa shape index (κ3) is 6.85. The predicted molar refractivity (Wildman–Crippen MR) is 178 cm³/mol. The first-order valence-corrected chi connectivity index (χ1v) is 16.6. The Morgan fingerprint density at radius 3 is 2.39 bits per heavy atom. The number of aliphatic hydroxyl groups excluding tert-OH is 1. The van der Waals surface area contributed by atoms with Crippen molar-refractivity contribution in [2.45, 2.75) is 62.1 Å². The van der Waals surface area contributed by atoms with Crippen LogP contribution in [0.5, 0.6) is 5.75 Å². The Kier molecular flexibility index (Phi) is 9.78. The van der Waals surface area contributed by atoms with E-state index < -0.39 is 17.7 Å². The van der Waals surface area contributed by atoms with Gasteiger partial charge in [0.25, 0.3) is 5.78 Å². The van der Waals surface area contributed by atoms with Crippen molar-refractivity contribution >= 4 is 57.3 Å². The second-order valence-electron chi connectivity index (χ2n) is 11.5. The van der Waals surface area contributed by atoms with E-state index in [4.69, 9.17) is 16.3 Å². The van der Waals surface area contributed by atoms with Crippen LogP contribution >= 0.6 is 34.7 Å². The Labute approximate surface area is 270 Å². The van der Waals surface area contributed by atoms with E-state index in [0.29, 0.717) is 38.6 Å². The third-order valence-corrected chi connectivity index (χ3v) is 9.82. The molecule has 3 aromatic carbocycles. The zero-order valence-corrected chi connectivity index (χ0v) is 27.4. The molecule has 44 heavy (non-hydrogen) atoms. The van der Waals surface area contributed by atoms with Crippen LogP contribution in [0.3, 0.4) is 0 Å². The number of carbonyl (C=O) groups is 2. The fourth-order valence-corrected chi connectivity index (χ4v) is 6.98. The number of hydrogen-bond donors (Lipinski definition) is 1. The summed E-state index contributed by atoms with van der Waals surface area (Å²) < 4.78 is 6.38. The molecule has 0 radical (unpaired) electrons. The van der Waals surface area contributed by atoms with E-state index in [1.54, 1.807) is 24.3 Å². The summed E-state index contributed by atoms with van der Waals surface area (Å²) in [5.74, 6) is -0.566. The molecule has 1 aromatic heterocycles. The van der Waals surface area contributed by atoms with Crippen molar-refractivity contribution in [3.05, 3.63) is 106 Å². The summed E-state index contributed by atoms with van der Waals surface area (Å²) >= 11 is 8.99. The summed E-state index contributed by atoms with van der Waals surface area (Å²) in [5.41, 5.74) is 3.06. The van der Waals surface area contributed by atoms with Crippen molar-refractivity contribution in [1.82, 2.24) is 10.2 Å². The highest BCUT2D eigenvalue weighted by atomic mass is 35.5. The summed E-state index contributed by atoms with van der Waals surface area (Å²) in [5, 5.41) is 21.1. The average Bonchev–Trinajstić information content (AvgIpc) is 3.58. The molecule has 1 aliphatic heterocycles. The zero-order chi connectivity index (χ0) is 31.4. The van der Waals surface area contributed by atoms with Gasteiger partial charge in [0.2, 0.25) is 5.13 Å². The number of ether oxygens (including phenoxy) is 1. The van der Waals surface area contributed by atoms with Gasteiger partial charge >= 0.3 is 5.91 Å². The molecule has 2 heterocycles. The predicted octanol–water partition coefficient (Wildman–Crippen LogP) is 8.59. The van der Waals surface area contributed by atoms with Crippen molar-refractivity contribution in [2.75, 3.05) is 11.5 Å². The van der Waals surface area contributed by atoms with Crippen molar-refractivity contribution in [2.24, 2.45) is 0 Å². The largest absolute Gasteiger partial charge is 0.507 e. The molecule has 10 heteroatoms. The molecular formula is C34H34ClN3O4S2. The minimum Gasteiger partial charge on any atom is -0.507 e. The maximum Gasteiger partial charge on any atom is 0.301 e. The standard InChI is InChI=1S/C34H34ClN3O4S2/c1-5-6-19-42-25-17-13-22(14-18-25)29(39)27-28(21-11-15-24(16-12-21)34(2,3)4)38(31(41)30(27)40)32-36-37-33(44-32)43-20-23-9-7-8-10-26(23)35/h7-18,28,39H,5-6,19-20H2,1-4H3. The van der Waals surface area contributed by atoms with E-state index in [9.17, 15) is 14.7 Å². The van der Waals surface area contributed by atoms with Gasteiger partial charge in [-0.1, -0.05) is 111 Å². The number of aliphatic hydroxyl groups is 1. The molecular weight excluding hydrogens is 614 g/mol. The number of halogens is 1. The van der Waals surface area contributed by atoms with Gasteiger partial charge in [0.1, 0.15) is 11.5 Å². The average molecular weight is 648 g/mol. The first-order chi connectivity index (χ1) is 21.1. The molecule has 0 spiro atoms. The number of unbranched alkanes of at least 4 members (excludes halogenated alkanes) is 1. The quantitative estimate of drug-likeness (QED) is 0.0460. The molecule has 7 nitrogen and oxygen atoms in total.